The molecule has 1 N–H and O–H groups in total. The van der Waals surface area contributed by atoms with Crippen LogP contribution in [-0.2, 0) is 20.8 Å². The summed E-state index contributed by atoms with van der Waals surface area (Å²) < 4.78 is 29.4. The Bertz CT molecular complexity index is 677. The van der Waals surface area contributed by atoms with Gasteiger partial charge in [-0.25, -0.2) is 0 Å². The number of esters is 1. The summed E-state index contributed by atoms with van der Waals surface area (Å²) in [5.74, 6) is -0.152. The zero-order chi connectivity index (χ0) is 15.9. The van der Waals surface area contributed by atoms with Gasteiger partial charge in [0.2, 0.25) is 0 Å². The maximum absolute atomic E-state index is 11.3. The van der Waals surface area contributed by atoms with Crippen LogP contribution in [0.3, 0.4) is 0 Å². The molecule has 0 aliphatic heterocycles. The molecule has 0 amide bonds. The minimum Gasteiger partial charge on any atom is -0.755 e. The zero-order valence-electron chi connectivity index (χ0n) is 11.5. The summed E-state index contributed by atoms with van der Waals surface area (Å²) in [6, 6.07) is 6.88. The number of hydrogen-bond donors (Lipinski definition) is 1. The van der Waals surface area contributed by atoms with Gasteiger partial charge >= 0.3 is 5.97 Å². The van der Waals surface area contributed by atoms with Gasteiger partial charge < -0.3 is 14.0 Å². The van der Waals surface area contributed by atoms with Crippen LogP contribution in [-0.4, -0.2) is 37.3 Å². The van der Waals surface area contributed by atoms with E-state index in [1.807, 2.05) is 0 Å². The third-order valence-electron chi connectivity index (χ3n) is 2.38. The highest BCUT2D eigenvalue weighted by atomic mass is 32.2. The number of carbonyl (C=O) groups excluding carboxylic acids is 1. The maximum atomic E-state index is 11.3. The number of nitrogens with zero attached hydrogens (tertiary/aromatic N) is 2. The van der Waals surface area contributed by atoms with E-state index in [4.69, 9.17) is 4.74 Å². The second-order valence-corrected chi connectivity index (χ2v) is 6.72. The van der Waals surface area contributed by atoms with Crippen molar-refractivity contribution in [2.24, 2.45) is 0 Å². The van der Waals surface area contributed by atoms with E-state index in [2.05, 4.69) is 14.9 Å². The molecular weight excluding hydrogens is 346 g/mol. The molecule has 1 aromatic heterocycles. The summed E-state index contributed by atoms with van der Waals surface area (Å²) >= 11 is 0.0955. The summed E-state index contributed by atoms with van der Waals surface area (Å²) in [5, 5.41) is 8.59. The van der Waals surface area contributed by atoms with Crippen LogP contribution in [0.2, 0.25) is 0 Å². The van der Waals surface area contributed by atoms with Gasteiger partial charge in [0, 0.05) is 16.8 Å². The van der Waals surface area contributed by atoms with E-state index in [1.165, 1.54) is 23.1 Å². The first kappa shape index (κ1) is 16.9. The number of nitrogens with one attached hydrogen (secondary N) is 1. The molecule has 0 saturated carbocycles. The molecule has 0 radical (unpaired) electrons. The highest BCUT2D eigenvalue weighted by Crippen LogP contribution is 2.33. The van der Waals surface area contributed by atoms with Crippen molar-refractivity contribution in [2.75, 3.05) is 17.1 Å². The molecule has 1 aromatic carbocycles. The average molecular weight is 358 g/mol. The van der Waals surface area contributed by atoms with Gasteiger partial charge in [-0.15, -0.1) is 10.2 Å². The second kappa shape index (κ2) is 8.22. The number of aromatic nitrogens is 2. The molecule has 2 rings (SSSR count). The molecular formula is C12H12N3O4S3-. The monoisotopic (exact) mass is 358 g/mol. The molecule has 0 spiro atoms. The Kier molecular flexibility index (Phi) is 6.31. The zero-order valence-corrected chi connectivity index (χ0v) is 13.9. The summed E-state index contributed by atoms with van der Waals surface area (Å²) in [5.41, 5.74) is 1.06. The summed E-state index contributed by atoms with van der Waals surface area (Å²) in [6.45, 7) is 2.08. The lowest BCUT2D eigenvalue weighted by Crippen LogP contribution is -2.06. The number of rotatable bonds is 7. The van der Waals surface area contributed by atoms with Crippen LogP contribution in [0.25, 0.3) is 10.6 Å². The predicted molar refractivity (Wildman–Crippen MR) is 85.2 cm³/mol. The first-order valence-electron chi connectivity index (χ1n) is 6.17. The molecule has 0 aliphatic rings. The number of hydrogen-bond acceptors (Lipinski definition) is 8. The Morgan fingerprint density at radius 3 is 2.95 bits per heavy atom. The molecule has 1 heterocycles. The predicted octanol–water partition coefficient (Wildman–Crippen LogP) is 2.07. The topological polar surface area (TPSA) is 104 Å². The minimum atomic E-state index is -2.42. The van der Waals surface area contributed by atoms with Crippen LogP contribution in [0, 0.1) is 0 Å². The van der Waals surface area contributed by atoms with E-state index in [1.54, 1.807) is 31.2 Å². The summed E-state index contributed by atoms with van der Waals surface area (Å²) in [6.07, 6.45) is 0. The van der Waals surface area contributed by atoms with E-state index in [-0.39, 0.29) is 11.7 Å². The van der Waals surface area contributed by atoms with Gasteiger partial charge in [0.25, 0.3) is 0 Å². The molecule has 10 heteroatoms. The standard InChI is InChI=1S/C12H13N3O4S3/c1-2-19-10(16)7-20-12-14-13-11(21-12)8-5-3-4-6-9(8)15-22(17)18/h3-6,15H,2,7H2,1H3,(H,17,18)/p-1. The molecule has 0 bridgehead atoms. The van der Waals surface area contributed by atoms with Crippen molar-refractivity contribution < 1.29 is 18.3 Å². The normalized spacial score (nSPS) is 11.9. The third kappa shape index (κ3) is 4.77. The molecule has 0 fully saturated rings. The van der Waals surface area contributed by atoms with Gasteiger partial charge in [-0.1, -0.05) is 35.2 Å². The number of anilines is 1. The number of thioether (sulfide) groups is 1. The van der Waals surface area contributed by atoms with Crippen molar-refractivity contribution in [3.8, 4) is 10.6 Å². The quantitative estimate of drug-likeness (QED) is 0.459. The largest absolute Gasteiger partial charge is 0.755 e. The lowest BCUT2D eigenvalue weighted by Gasteiger charge is -2.11. The highest BCUT2D eigenvalue weighted by Gasteiger charge is 2.12. The maximum Gasteiger partial charge on any atom is 0.316 e. The Hall–Kier alpha value is -1.49. The SMILES string of the molecule is CCOC(=O)CSc1nnc(-c2ccccc2NS(=O)[O-])s1. The third-order valence-corrected chi connectivity index (χ3v) is 4.83. The Morgan fingerprint density at radius 2 is 2.23 bits per heavy atom. The Morgan fingerprint density at radius 1 is 1.45 bits per heavy atom. The molecule has 22 heavy (non-hydrogen) atoms. The fraction of sp³-hybridized carbons (Fsp3) is 0.250. The fourth-order valence-electron chi connectivity index (χ4n) is 1.55. The van der Waals surface area contributed by atoms with Gasteiger partial charge in [-0.05, 0) is 19.1 Å². The molecule has 0 aliphatic carbocycles. The van der Waals surface area contributed by atoms with Crippen molar-refractivity contribution in [1.29, 1.82) is 0 Å². The Balaban J connectivity index is 2.11. The van der Waals surface area contributed by atoms with Crippen LogP contribution >= 0.6 is 23.1 Å². The molecule has 0 saturated heterocycles. The van der Waals surface area contributed by atoms with Crippen LogP contribution in [0.5, 0.6) is 0 Å². The van der Waals surface area contributed by atoms with Crippen molar-refractivity contribution in [3.05, 3.63) is 24.3 Å². The highest BCUT2D eigenvalue weighted by molar-refractivity contribution is 8.01. The lowest BCUT2D eigenvalue weighted by molar-refractivity contribution is -0.139. The molecule has 2 aromatic rings. The average Bonchev–Trinajstić information content (AvgIpc) is 2.94. The van der Waals surface area contributed by atoms with Gasteiger partial charge in [0.05, 0.1) is 18.0 Å². The number of carbonyl (C=O) groups is 1. The van der Waals surface area contributed by atoms with Gasteiger partial charge in [-0.2, -0.15) is 0 Å². The van der Waals surface area contributed by atoms with Gasteiger partial charge in [0.15, 0.2) is 9.35 Å². The minimum absolute atomic E-state index is 0.160. The number of para-hydroxylation sites is 1. The molecule has 1 unspecified atom stereocenters. The van der Waals surface area contributed by atoms with Crippen molar-refractivity contribution >= 4 is 46.0 Å². The number of benzene rings is 1. The number of ether oxygens (including phenoxy) is 1. The molecule has 1 atom stereocenters. The van der Waals surface area contributed by atoms with Crippen LogP contribution < -0.4 is 4.72 Å². The smallest absolute Gasteiger partial charge is 0.316 e. The van der Waals surface area contributed by atoms with Gasteiger partial charge in [-0.3, -0.25) is 9.00 Å². The van der Waals surface area contributed by atoms with E-state index in [0.29, 0.717) is 27.2 Å². The summed E-state index contributed by atoms with van der Waals surface area (Å²) in [4.78, 5) is 11.3. The lowest BCUT2D eigenvalue weighted by atomic mass is 10.2. The first-order valence-corrected chi connectivity index (χ1v) is 9.05. The van der Waals surface area contributed by atoms with Crippen molar-refractivity contribution in [3.63, 3.8) is 0 Å². The first-order chi connectivity index (χ1) is 10.6. The fourth-order valence-corrected chi connectivity index (χ4v) is 3.60. The Labute approximate surface area is 137 Å². The van der Waals surface area contributed by atoms with Crippen LogP contribution in [0.4, 0.5) is 5.69 Å². The van der Waals surface area contributed by atoms with E-state index >= 15 is 0 Å². The molecule has 7 nitrogen and oxygen atoms in total. The summed E-state index contributed by atoms with van der Waals surface area (Å²) in [7, 11) is 0. The van der Waals surface area contributed by atoms with E-state index < -0.39 is 11.3 Å². The van der Waals surface area contributed by atoms with E-state index in [9.17, 15) is 13.6 Å². The van der Waals surface area contributed by atoms with Crippen molar-refractivity contribution in [2.45, 2.75) is 11.3 Å². The van der Waals surface area contributed by atoms with E-state index in [0.717, 1.165) is 0 Å². The van der Waals surface area contributed by atoms with Crippen LogP contribution in [0.15, 0.2) is 28.6 Å². The second-order valence-electron chi connectivity index (χ2n) is 3.85. The van der Waals surface area contributed by atoms with Crippen LogP contribution in [0.1, 0.15) is 6.92 Å². The molecule has 118 valence electrons. The van der Waals surface area contributed by atoms with Crippen molar-refractivity contribution in [1.82, 2.24) is 10.2 Å². The van der Waals surface area contributed by atoms with Gasteiger partial charge in [0.1, 0.15) is 0 Å².